The molecule has 8 atom stereocenters. The summed E-state index contributed by atoms with van der Waals surface area (Å²) in [7, 11) is 3.21. The van der Waals surface area contributed by atoms with Gasteiger partial charge in [0.05, 0.1) is 26.3 Å². The molecule has 0 aliphatic carbocycles. The number of carbonyl (C=O) groups excluding carboxylic acids is 2. The fourth-order valence-electron chi connectivity index (χ4n) is 11.8. The number of benzene rings is 3. The fourth-order valence-corrected chi connectivity index (χ4v) is 12.2. The van der Waals surface area contributed by atoms with Crippen molar-refractivity contribution < 1.29 is 47.5 Å². The fraction of sp³-hybridized carbons (Fsp3) is 0.500. The van der Waals surface area contributed by atoms with E-state index in [0.29, 0.717) is 58.6 Å². The predicted octanol–water partition coefficient (Wildman–Crippen LogP) is 6.22. The van der Waals surface area contributed by atoms with Crippen molar-refractivity contribution in [1.29, 1.82) is 0 Å². The molecule has 0 saturated carbocycles. The largest absolute Gasteiger partial charge is 0.504 e. The Labute approximate surface area is 342 Å². The first kappa shape index (κ1) is 37.6. The summed E-state index contributed by atoms with van der Waals surface area (Å²) >= 11 is 4.75. The first-order valence-electron chi connectivity index (χ1n) is 20.0. The Balaban J connectivity index is 1.13. The van der Waals surface area contributed by atoms with E-state index in [1.54, 1.807) is 14.2 Å². The Hall–Kier alpha value is -4.63. The molecule has 4 aromatic rings. The molecule has 0 unspecified atom stereocenters. The molecule has 0 spiro atoms. The lowest BCUT2D eigenvalue weighted by Gasteiger charge is -2.67. The van der Waals surface area contributed by atoms with Crippen LogP contribution in [-0.4, -0.2) is 84.9 Å². The first-order chi connectivity index (χ1) is 27.8. The number of nitrogens with one attached hydrogen (secondary N) is 1. The number of fused-ring (bicyclic) bond motifs is 11. The van der Waals surface area contributed by atoms with Gasteiger partial charge < -0.3 is 37.9 Å². The van der Waals surface area contributed by atoms with Gasteiger partial charge in [-0.05, 0) is 75.9 Å². The molecule has 14 heteroatoms. The lowest BCUT2D eigenvalue weighted by Crippen LogP contribution is -2.74. The summed E-state index contributed by atoms with van der Waals surface area (Å²) in [5.74, 6) is 2.14. The number of esters is 2. The molecule has 2 fully saturated rings. The summed E-state index contributed by atoms with van der Waals surface area (Å²) in [5, 5.41) is 16.4. The molecule has 10 rings (SSSR count). The lowest BCUT2D eigenvalue weighted by atomic mass is 9.68. The number of thiol groups is 1. The summed E-state index contributed by atoms with van der Waals surface area (Å²) in [6.45, 7) is 12.3. The third-order valence-corrected chi connectivity index (χ3v) is 14.7. The van der Waals surface area contributed by atoms with Gasteiger partial charge in [0.15, 0.2) is 28.5 Å². The number of aryl methyl sites for hydroxylation is 1. The number of furan rings is 1. The third kappa shape index (κ3) is 4.71. The summed E-state index contributed by atoms with van der Waals surface area (Å²) in [5.41, 5.74) is 4.96. The molecular formula is C44H49N3O10S. The maximum atomic E-state index is 14.9. The van der Waals surface area contributed by atoms with Gasteiger partial charge in [-0.1, -0.05) is 6.92 Å². The number of hydrogen-bond donors (Lipinski definition) is 3. The molecule has 2 N–H and O–H groups in total. The lowest BCUT2D eigenvalue weighted by molar-refractivity contribution is -0.198. The number of methoxy groups -OCH3 is 2. The molecule has 6 aliphatic rings. The van der Waals surface area contributed by atoms with Gasteiger partial charge in [-0.15, -0.1) is 0 Å². The maximum Gasteiger partial charge on any atom is 0.335 e. The van der Waals surface area contributed by atoms with Crippen LogP contribution in [0.1, 0.15) is 96.8 Å². The number of hydrogen-bond acceptors (Lipinski definition) is 14. The van der Waals surface area contributed by atoms with Crippen LogP contribution in [0.2, 0.25) is 0 Å². The van der Waals surface area contributed by atoms with Crippen molar-refractivity contribution in [3.63, 3.8) is 0 Å². The highest BCUT2D eigenvalue weighted by atomic mass is 32.1. The Morgan fingerprint density at radius 1 is 1.05 bits per heavy atom. The Morgan fingerprint density at radius 2 is 1.83 bits per heavy atom. The van der Waals surface area contributed by atoms with Crippen LogP contribution in [0.15, 0.2) is 28.7 Å². The molecule has 0 bridgehead atoms. The molecule has 2 saturated heterocycles. The van der Waals surface area contributed by atoms with Gasteiger partial charge in [-0.2, -0.15) is 12.6 Å². The summed E-state index contributed by atoms with van der Waals surface area (Å²) in [4.78, 5) is 32.8. The van der Waals surface area contributed by atoms with Gasteiger partial charge in [-0.25, -0.2) is 4.79 Å². The van der Waals surface area contributed by atoms with Gasteiger partial charge in [0, 0.05) is 82.0 Å². The number of phenols is 1. The minimum atomic E-state index is -1.37. The standard InChI is InChI=1S/C44H49N3O10S/c1-19-13-27-32(36(49)37(19)52-8)35-34-20(2)31-33(40-39(54-18-55-40)21(3)38(31)56-23(5)48)29(46(34)22(4)28-15-43(27,6)47(28)35)16-53-42(50)44(17-58)41-25(11-12-45-44)26-14-24(51-7)9-10-30(26)57-41/h9-10,13-14,20,22,28-29,34-35,45,49,58H,11-12,15-18H2,1-8H3/t20-,22+,28+,29+,34+,35-,43-,44-/m1/s1. The van der Waals surface area contributed by atoms with Gasteiger partial charge in [-0.3, -0.25) is 19.9 Å². The monoisotopic (exact) mass is 811 g/mol. The maximum absolute atomic E-state index is 14.9. The molecule has 1 aromatic heterocycles. The van der Waals surface area contributed by atoms with Gasteiger partial charge in [0.2, 0.25) is 6.79 Å². The minimum Gasteiger partial charge on any atom is -0.504 e. The number of piperazine rings is 1. The predicted molar refractivity (Wildman–Crippen MR) is 216 cm³/mol. The highest BCUT2D eigenvalue weighted by molar-refractivity contribution is 7.80. The second kappa shape index (κ2) is 12.9. The van der Waals surface area contributed by atoms with Crippen LogP contribution >= 0.6 is 12.6 Å². The number of ether oxygens (including phenoxy) is 6. The van der Waals surface area contributed by atoms with Crippen molar-refractivity contribution in [2.24, 2.45) is 0 Å². The minimum absolute atomic E-state index is 0.00388. The van der Waals surface area contributed by atoms with Crippen molar-refractivity contribution in [2.45, 2.75) is 102 Å². The highest BCUT2D eigenvalue weighted by Crippen LogP contribution is 2.69. The molecule has 306 valence electrons. The first-order valence-corrected chi connectivity index (χ1v) is 20.7. The number of nitrogens with zero attached hydrogens (tertiary/aromatic N) is 2. The van der Waals surface area contributed by atoms with Crippen LogP contribution < -0.4 is 29.0 Å². The second-order valence-corrected chi connectivity index (χ2v) is 17.3. The summed E-state index contributed by atoms with van der Waals surface area (Å²) in [6.07, 6.45) is 1.52. The number of phenolic OH excluding ortho intramolecular Hbond substituents is 1. The number of rotatable bonds is 7. The normalized spacial score (nSPS) is 30.1. The van der Waals surface area contributed by atoms with Crippen LogP contribution in [0.25, 0.3) is 11.0 Å². The van der Waals surface area contributed by atoms with E-state index >= 15 is 0 Å². The highest BCUT2D eigenvalue weighted by Gasteiger charge is 2.69. The molecular weight excluding hydrogens is 763 g/mol. The van der Waals surface area contributed by atoms with Crippen molar-refractivity contribution in [1.82, 2.24) is 15.1 Å². The Kier molecular flexibility index (Phi) is 8.39. The van der Waals surface area contributed by atoms with Crippen LogP contribution in [0, 0.1) is 13.8 Å². The van der Waals surface area contributed by atoms with Crippen LogP contribution in [-0.2, 0) is 31.8 Å². The summed E-state index contributed by atoms with van der Waals surface area (Å²) < 4.78 is 42.8. The average Bonchev–Trinajstić information content (AvgIpc) is 3.89. The van der Waals surface area contributed by atoms with E-state index in [-0.39, 0.29) is 60.5 Å². The molecule has 6 aliphatic heterocycles. The quantitative estimate of drug-likeness (QED) is 0.111. The average molecular weight is 812 g/mol. The van der Waals surface area contributed by atoms with Crippen molar-refractivity contribution in [2.75, 3.05) is 39.9 Å². The van der Waals surface area contributed by atoms with Crippen molar-refractivity contribution in [3.8, 4) is 34.5 Å². The van der Waals surface area contributed by atoms with Gasteiger partial charge in [0.1, 0.15) is 29.4 Å². The van der Waals surface area contributed by atoms with E-state index in [1.807, 2.05) is 32.0 Å². The smallest absolute Gasteiger partial charge is 0.335 e. The van der Waals surface area contributed by atoms with Gasteiger partial charge >= 0.3 is 11.9 Å². The van der Waals surface area contributed by atoms with Crippen molar-refractivity contribution >= 4 is 35.5 Å². The van der Waals surface area contributed by atoms with E-state index in [0.717, 1.165) is 45.2 Å². The molecule has 0 radical (unpaired) electrons. The molecule has 7 heterocycles. The number of aromatic hydroxyl groups is 1. The SMILES string of the molecule is COc1ccc2oc3c(c2c1)CCN[C@@]3(CS)C(=O)OC[C@H]1c2c3c(c(C)c(OC(C)=O)c2[C@@H](C)[C@H]2[C@H]4c5c(cc(C)c(OC)c5O)[C@@]5(C)C[C@@H]([C@H](C)N21)N45)OCO3. The summed E-state index contributed by atoms with van der Waals surface area (Å²) in [6, 6.07) is 6.81. The zero-order valence-electron chi connectivity index (χ0n) is 34.0. The zero-order chi connectivity index (χ0) is 40.7. The van der Waals surface area contributed by atoms with E-state index in [4.69, 9.17) is 45.5 Å². The van der Waals surface area contributed by atoms with Crippen LogP contribution in [0.3, 0.4) is 0 Å². The van der Waals surface area contributed by atoms with E-state index in [2.05, 4.69) is 42.0 Å². The van der Waals surface area contributed by atoms with Crippen molar-refractivity contribution in [3.05, 3.63) is 69.0 Å². The third-order valence-electron chi connectivity index (χ3n) is 14.2. The van der Waals surface area contributed by atoms with Gasteiger partial charge in [0.25, 0.3) is 0 Å². The Bertz CT molecular complexity index is 2450. The zero-order valence-corrected chi connectivity index (χ0v) is 34.9. The Morgan fingerprint density at radius 3 is 2.55 bits per heavy atom. The molecule has 58 heavy (non-hydrogen) atoms. The molecule has 0 amide bonds. The second-order valence-electron chi connectivity index (χ2n) is 17.0. The molecule has 3 aromatic carbocycles. The van der Waals surface area contributed by atoms with E-state index in [9.17, 15) is 14.7 Å². The number of carbonyl (C=O) groups is 2. The van der Waals surface area contributed by atoms with E-state index < -0.39 is 23.5 Å². The van der Waals surface area contributed by atoms with E-state index in [1.165, 1.54) is 6.92 Å². The van der Waals surface area contributed by atoms with Crippen LogP contribution in [0.4, 0.5) is 0 Å². The van der Waals surface area contributed by atoms with Crippen LogP contribution in [0.5, 0.6) is 34.5 Å². The topological polar surface area (TPSA) is 141 Å². The molecule has 13 nitrogen and oxygen atoms in total.